The second-order valence-electron chi connectivity index (χ2n) is 4.58. The molecule has 19 heavy (non-hydrogen) atoms. The van der Waals surface area contributed by atoms with Crippen LogP contribution in [0.3, 0.4) is 0 Å². The molecule has 0 saturated carbocycles. The number of nitrogens with one attached hydrogen (secondary N) is 1. The Balaban J connectivity index is 2.03. The number of nitrogens with two attached hydrogens (primary N) is 1. The van der Waals surface area contributed by atoms with E-state index in [4.69, 9.17) is 10.5 Å². The van der Waals surface area contributed by atoms with Crippen molar-refractivity contribution in [1.29, 1.82) is 0 Å². The molecule has 0 aliphatic heterocycles. The van der Waals surface area contributed by atoms with Crippen molar-refractivity contribution < 1.29 is 9.53 Å². The van der Waals surface area contributed by atoms with Gasteiger partial charge in [0.25, 0.3) is 0 Å². The molecule has 2 aromatic rings. The number of hydrogen-bond acceptors (Lipinski definition) is 3. The van der Waals surface area contributed by atoms with Gasteiger partial charge in [-0.15, -0.1) is 0 Å². The van der Waals surface area contributed by atoms with Gasteiger partial charge in [-0.3, -0.25) is 4.79 Å². The second kappa shape index (κ2) is 6.38. The largest absolute Gasteiger partial charge is 0.466 e. The summed E-state index contributed by atoms with van der Waals surface area (Å²) in [5.74, 6) is -0.404. The zero-order valence-corrected chi connectivity index (χ0v) is 11.2. The van der Waals surface area contributed by atoms with Gasteiger partial charge in [0.2, 0.25) is 0 Å². The highest BCUT2D eigenvalue weighted by molar-refractivity contribution is 5.83. The van der Waals surface area contributed by atoms with E-state index in [9.17, 15) is 4.79 Å². The number of aromatic nitrogens is 1. The number of fused-ring (bicyclic) bond motifs is 1. The lowest BCUT2D eigenvalue weighted by Crippen LogP contribution is -2.26. The Kier molecular flexibility index (Phi) is 4.58. The molecule has 0 radical (unpaired) electrons. The SMILES string of the molecule is CCOC(=O)C(CN)CCc1c[nH]c2ccccc12. The van der Waals surface area contributed by atoms with Crippen LogP contribution >= 0.6 is 0 Å². The fourth-order valence-corrected chi connectivity index (χ4v) is 2.26. The number of para-hydroxylation sites is 1. The minimum Gasteiger partial charge on any atom is -0.466 e. The maximum Gasteiger partial charge on any atom is 0.310 e. The van der Waals surface area contributed by atoms with E-state index < -0.39 is 0 Å². The number of H-pyrrole nitrogens is 1. The van der Waals surface area contributed by atoms with Crippen LogP contribution in [0.2, 0.25) is 0 Å². The van der Waals surface area contributed by atoms with Gasteiger partial charge in [-0.25, -0.2) is 0 Å². The highest BCUT2D eigenvalue weighted by Gasteiger charge is 2.18. The summed E-state index contributed by atoms with van der Waals surface area (Å²) in [5.41, 5.74) is 7.99. The summed E-state index contributed by atoms with van der Waals surface area (Å²) in [5, 5.41) is 1.21. The van der Waals surface area contributed by atoms with Crippen molar-refractivity contribution in [3.05, 3.63) is 36.0 Å². The van der Waals surface area contributed by atoms with Crippen LogP contribution in [0.5, 0.6) is 0 Å². The summed E-state index contributed by atoms with van der Waals surface area (Å²) in [7, 11) is 0. The molecule has 0 aliphatic rings. The number of aryl methyl sites for hydroxylation is 1. The van der Waals surface area contributed by atoms with E-state index in [-0.39, 0.29) is 11.9 Å². The molecular formula is C15H20N2O2. The van der Waals surface area contributed by atoms with E-state index in [1.807, 2.05) is 31.3 Å². The zero-order valence-electron chi connectivity index (χ0n) is 11.2. The number of carbonyl (C=O) groups excluding carboxylic acids is 1. The molecule has 102 valence electrons. The molecular weight excluding hydrogens is 240 g/mol. The summed E-state index contributed by atoms with van der Waals surface area (Å²) in [4.78, 5) is 14.9. The molecule has 4 heteroatoms. The van der Waals surface area contributed by atoms with Crippen molar-refractivity contribution in [1.82, 2.24) is 4.98 Å². The van der Waals surface area contributed by atoms with Crippen molar-refractivity contribution >= 4 is 16.9 Å². The molecule has 0 aliphatic carbocycles. The standard InChI is InChI=1S/C15H20N2O2/c1-2-19-15(18)11(9-16)7-8-12-10-17-14-6-4-3-5-13(12)14/h3-6,10-11,17H,2,7-9,16H2,1H3. The van der Waals surface area contributed by atoms with Gasteiger partial charge in [-0.1, -0.05) is 18.2 Å². The summed E-state index contributed by atoms with van der Waals surface area (Å²) >= 11 is 0. The predicted molar refractivity (Wildman–Crippen MR) is 75.8 cm³/mol. The molecule has 0 fully saturated rings. The lowest BCUT2D eigenvalue weighted by Gasteiger charge is -2.12. The molecule has 0 bridgehead atoms. The quantitative estimate of drug-likeness (QED) is 0.783. The normalized spacial score (nSPS) is 12.5. The Hall–Kier alpha value is -1.81. The highest BCUT2D eigenvalue weighted by atomic mass is 16.5. The van der Waals surface area contributed by atoms with E-state index in [0.29, 0.717) is 13.2 Å². The minimum absolute atomic E-state index is 0.190. The molecule has 0 amide bonds. The van der Waals surface area contributed by atoms with Crippen molar-refractivity contribution in [2.45, 2.75) is 19.8 Å². The number of benzene rings is 1. The molecule has 0 saturated heterocycles. The third-order valence-corrected chi connectivity index (χ3v) is 3.34. The Bertz CT molecular complexity index is 548. The molecule has 0 spiro atoms. The summed E-state index contributed by atoms with van der Waals surface area (Å²) < 4.78 is 5.03. The van der Waals surface area contributed by atoms with Crippen molar-refractivity contribution in [3.63, 3.8) is 0 Å². The Morgan fingerprint density at radius 3 is 2.95 bits per heavy atom. The van der Waals surface area contributed by atoms with Crippen LogP contribution in [0.4, 0.5) is 0 Å². The van der Waals surface area contributed by atoms with Gasteiger partial charge in [0.05, 0.1) is 12.5 Å². The van der Waals surface area contributed by atoms with Gasteiger partial charge in [-0.2, -0.15) is 0 Å². The smallest absolute Gasteiger partial charge is 0.310 e. The lowest BCUT2D eigenvalue weighted by atomic mass is 9.99. The maximum absolute atomic E-state index is 11.7. The molecule has 4 nitrogen and oxygen atoms in total. The van der Waals surface area contributed by atoms with Gasteiger partial charge < -0.3 is 15.5 Å². The van der Waals surface area contributed by atoms with Crippen LogP contribution in [-0.2, 0) is 16.0 Å². The van der Waals surface area contributed by atoms with E-state index in [2.05, 4.69) is 11.1 Å². The van der Waals surface area contributed by atoms with E-state index in [0.717, 1.165) is 18.4 Å². The van der Waals surface area contributed by atoms with Crippen LogP contribution in [0.1, 0.15) is 18.9 Å². The van der Waals surface area contributed by atoms with Crippen LogP contribution in [0.15, 0.2) is 30.5 Å². The van der Waals surface area contributed by atoms with E-state index in [1.54, 1.807) is 0 Å². The first-order valence-electron chi connectivity index (χ1n) is 6.68. The first kappa shape index (κ1) is 13.6. The molecule has 1 unspecified atom stereocenters. The number of carbonyl (C=O) groups is 1. The first-order valence-corrected chi connectivity index (χ1v) is 6.68. The highest BCUT2D eigenvalue weighted by Crippen LogP contribution is 2.20. The number of rotatable bonds is 6. The van der Waals surface area contributed by atoms with Crippen LogP contribution in [0.25, 0.3) is 10.9 Å². The van der Waals surface area contributed by atoms with Gasteiger partial charge in [0.1, 0.15) is 0 Å². The third-order valence-electron chi connectivity index (χ3n) is 3.34. The van der Waals surface area contributed by atoms with Gasteiger partial charge >= 0.3 is 5.97 Å². The zero-order chi connectivity index (χ0) is 13.7. The number of esters is 1. The first-order chi connectivity index (χ1) is 9.26. The number of hydrogen-bond donors (Lipinski definition) is 2. The molecule has 1 heterocycles. The Labute approximate surface area is 112 Å². The topological polar surface area (TPSA) is 68.1 Å². The minimum atomic E-state index is -0.214. The number of aromatic amines is 1. The summed E-state index contributed by atoms with van der Waals surface area (Å²) in [6.45, 7) is 2.55. The van der Waals surface area contributed by atoms with E-state index >= 15 is 0 Å². The molecule has 1 atom stereocenters. The van der Waals surface area contributed by atoms with Crippen molar-refractivity contribution in [3.8, 4) is 0 Å². The molecule has 1 aromatic carbocycles. The monoisotopic (exact) mass is 260 g/mol. The lowest BCUT2D eigenvalue weighted by molar-refractivity contribution is -0.147. The fraction of sp³-hybridized carbons (Fsp3) is 0.400. The summed E-state index contributed by atoms with van der Waals surface area (Å²) in [6.07, 6.45) is 3.55. The van der Waals surface area contributed by atoms with E-state index in [1.165, 1.54) is 10.9 Å². The summed E-state index contributed by atoms with van der Waals surface area (Å²) in [6, 6.07) is 8.16. The van der Waals surface area contributed by atoms with Gasteiger partial charge in [0, 0.05) is 23.6 Å². The average molecular weight is 260 g/mol. The van der Waals surface area contributed by atoms with Crippen LogP contribution in [-0.4, -0.2) is 24.1 Å². The Morgan fingerprint density at radius 2 is 2.21 bits per heavy atom. The van der Waals surface area contributed by atoms with Crippen molar-refractivity contribution in [2.24, 2.45) is 11.7 Å². The second-order valence-corrected chi connectivity index (χ2v) is 4.58. The molecule has 3 N–H and O–H groups in total. The third kappa shape index (κ3) is 3.15. The predicted octanol–water partition coefficient (Wildman–Crippen LogP) is 2.24. The molecule has 2 rings (SSSR count). The van der Waals surface area contributed by atoms with Gasteiger partial charge in [-0.05, 0) is 31.4 Å². The molecule has 1 aromatic heterocycles. The van der Waals surface area contributed by atoms with Crippen LogP contribution < -0.4 is 5.73 Å². The average Bonchev–Trinajstić information content (AvgIpc) is 2.83. The van der Waals surface area contributed by atoms with Crippen molar-refractivity contribution in [2.75, 3.05) is 13.2 Å². The van der Waals surface area contributed by atoms with Crippen LogP contribution in [0, 0.1) is 5.92 Å². The van der Waals surface area contributed by atoms with Gasteiger partial charge in [0.15, 0.2) is 0 Å². The fourth-order valence-electron chi connectivity index (χ4n) is 2.26. The number of ether oxygens (including phenoxy) is 1. The Morgan fingerprint density at radius 1 is 1.42 bits per heavy atom. The maximum atomic E-state index is 11.7.